The van der Waals surface area contributed by atoms with Crippen molar-refractivity contribution in [2.45, 2.75) is 24.3 Å². The van der Waals surface area contributed by atoms with Crippen LogP contribution in [0.15, 0.2) is 71.6 Å². The van der Waals surface area contributed by atoms with Gasteiger partial charge in [0, 0.05) is 24.2 Å². The van der Waals surface area contributed by atoms with Gasteiger partial charge in [-0.1, -0.05) is 24.3 Å². The summed E-state index contributed by atoms with van der Waals surface area (Å²) >= 11 is 0. The molecule has 1 heterocycles. The van der Waals surface area contributed by atoms with Crippen molar-refractivity contribution in [2.24, 2.45) is 0 Å². The van der Waals surface area contributed by atoms with E-state index in [2.05, 4.69) is 11.4 Å². The summed E-state index contributed by atoms with van der Waals surface area (Å²) < 4.78 is 32.8. The van der Waals surface area contributed by atoms with Crippen LogP contribution in [0.3, 0.4) is 0 Å². The van der Waals surface area contributed by atoms with Crippen LogP contribution in [-0.4, -0.2) is 36.8 Å². The molecule has 0 aliphatic carbocycles. The maximum absolute atomic E-state index is 12.8. The lowest BCUT2D eigenvalue weighted by Crippen LogP contribution is -2.28. The topological polar surface area (TPSA) is 120 Å². The Morgan fingerprint density at radius 3 is 2.59 bits per heavy atom. The van der Waals surface area contributed by atoms with Crippen LogP contribution in [0.5, 0.6) is 11.5 Å². The first-order chi connectivity index (χ1) is 16.4. The first kappa shape index (κ1) is 23.3. The van der Waals surface area contributed by atoms with Crippen molar-refractivity contribution in [2.75, 3.05) is 18.4 Å². The Morgan fingerprint density at radius 1 is 1.06 bits per heavy atom. The third-order valence-corrected chi connectivity index (χ3v) is 7.44. The van der Waals surface area contributed by atoms with E-state index in [1.807, 2.05) is 6.07 Å². The molecule has 0 unspecified atom stereocenters. The SMILES string of the molecule is N#Cc1ccccc1COc1cccc(C(=O)Nc2cc(S(=O)(=O)N3CCCC3)ccc2O)c1. The maximum atomic E-state index is 12.8. The fraction of sp³-hybridized carbons (Fsp3) is 0.200. The number of amides is 1. The molecule has 1 saturated heterocycles. The normalized spacial score (nSPS) is 13.9. The molecule has 0 spiro atoms. The summed E-state index contributed by atoms with van der Waals surface area (Å²) in [7, 11) is -3.70. The number of sulfonamides is 1. The number of hydrogen-bond acceptors (Lipinski definition) is 6. The van der Waals surface area contributed by atoms with E-state index in [9.17, 15) is 23.6 Å². The summed E-state index contributed by atoms with van der Waals surface area (Å²) in [4.78, 5) is 12.8. The average molecular weight is 478 g/mol. The highest BCUT2D eigenvalue weighted by atomic mass is 32.2. The molecule has 4 rings (SSSR count). The maximum Gasteiger partial charge on any atom is 0.255 e. The molecule has 0 atom stereocenters. The fourth-order valence-electron chi connectivity index (χ4n) is 3.69. The number of ether oxygens (including phenoxy) is 1. The molecule has 9 heteroatoms. The van der Waals surface area contributed by atoms with E-state index in [0.717, 1.165) is 18.4 Å². The summed E-state index contributed by atoms with van der Waals surface area (Å²) in [6, 6.07) is 19.5. The lowest BCUT2D eigenvalue weighted by atomic mass is 10.1. The molecule has 1 aliphatic heterocycles. The van der Waals surface area contributed by atoms with Gasteiger partial charge in [0.25, 0.3) is 5.91 Å². The second kappa shape index (κ2) is 9.95. The first-order valence-electron chi connectivity index (χ1n) is 10.7. The summed E-state index contributed by atoms with van der Waals surface area (Å²) in [5, 5.41) is 22.0. The number of phenols is 1. The summed E-state index contributed by atoms with van der Waals surface area (Å²) in [5.74, 6) is -0.349. The van der Waals surface area contributed by atoms with Crippen molar-refractivity contribution in [3.05, 3.63) is 83.4 Å². The number of carbonyl (C=O) groups is 1. The number of nitrogens with zero attached hydrogens (tertiary/aromatic N) is 2. The largest absolute Gasteiger partial charge is 0.506 e. The predicted octanol–water partition coefficient (Wildman–Crippen LogP) is 3.88. The number of phenolic OH excluding ortho intramolecular Hbond substituents is 1. The molecule has 34 heavy (non-hydrogen) atoms. The number of nitrogens with one attached hydrogen (secondary N) is 1. The molecule has 2 N–H and O–H groups in total. The van der Waals surface area contributed by atoms with Crippen LogP contribution in [0, 0.1) is 11.3 Å². The van der Waals surface area contributed by atoms with Crippen LogP contribution in [0.25, 0.3) is 0 Å². The zero-order valence-corrected chi connectivity index (χ0v) is 19.1. The number of hydrogen-bond donors (Lipinski definition) is 2. The number of aromatic hydroxyl groups is 1. The van der Waals surface area contributed by atoms with Crippen molar-refractivity contribution < 1.29 is 23.1 Å². The van der Waals surface area contributed by atoms with Gasteiger partial charge in [-0.15, -0.1) is 0 Å². The third kappa shape index (κ3) is 5.03. The van der Waals surface area contributed by atoms with E-state index < -0.39 is 15.9 Å². The van der Waals surface area contributed by atoms with Crippen molar-refractivity contribution in [3.63, 3.8) is 0 Å². The predicted molar refractivity (Wildman–Crippen MR) is 126 cm³/mol. The Labute approximate surface area is 198 Å². The van der Waals surface area contributed by atoms with Crippen LogP contribution in [0.2, 0.25) is 0 Å². The van der Waals surface area contributed by atoms with E-state index in [0.29, 0.717) is 24.4 Å². The van der Waals surface area contributed by atoms with Crippen LogP contribution >= 0.6 is 0 Å². The lowest BCUT2D eigenvalue weighted by Gasteiger charge is -2.17. The zero-order chi connectivity index (χ0) is 24.1. The Balaban J connectivity index is 1.49. The minimum Gasteiger partial charge on any atom is -0.506 e. The number of anilines is 1. The molecular formula is C25H23N3O5S. The molecular weight excluding hydrogens is 454 g/mol. The number of benzene rings is 3. The molecule has 0 radical (unpaired) electrons. The summed E-state index contributed by atoms with van der Waals surface area (Å²) in [6.45, 7) is 1.07. The molecule has 0 saturated carbocycles. The zero-order valence-electron chi connectivity index (χ0n) is 18.3. The second-order valence-corrected chi connectivity index (χ2v) is 9.77. The average Bonchev–Trinajstić information content (AvgIpc) is 3.40. The van der Waals surface area contributed by atoms with E-state index in [1.54, 1.807) is 36.4 Å². The standard InChI is InChI=1S/C25H23N3O5S/c26-16-19-6-1-2-7-20(19)17-33-21-9-5-8-18(14-21)25(30)27-23-15-22(10-11-24(23)29)34(31,32)28-12-3-4-13-28/h1-2,5-11,14-15,29H,3-4,12-13,17H2,(H,27,30). The second-order valence-electron chi connectivity index (χ2n) is 7.83. The van der Waals surface area contributed by atoms with Crippen molar-refractivity contribution in [3.8, 4) is 17.6 Å². The fourth-order valence-corrected chi connectivity index (χ4v) is 5.24. The molecule has 0 aromatic heterocycles. The molecule has 0 bridgehead atoms. The Bertz CT molecular complexity index is 1360. The van der Waals surface area contributed by atoms with Crippen LogP contribution in [-0.2, 0) is 16.6 Å². The molecule has 1 amide bonds. The molecule has 1 aliphatic rings. The minimum absolute atomic E-state index is 0.000425. The van der Waals surface area contributed by atoms with Crippen LogP contribution < -0.4 is 10.1 Å². The van der Waals surface area contributed by atoms with E-state index in [-0.39, 0.29) is 28.5 Å². The van der Waals surface area contributed by atoms with Gasteiger partial charge in [-0.05, 0) is 55.3 Å². The highest BCUT2D eigenvalue weighted by molar-refractivity contribution is 7.89. The van der Waals surface area contributed by atoms with Crippen molar-refractivity contribution in [1.82, 2.24) is 4.31 Å². The highest BCUT2D eigenvalue weighted by Gasteiger charge is 2.28. The molecule has 1 fully saturated rings. The number of nitriles is 1. The van der Waals surface area contributed by atoms with Crippen LogP contribution in [0.4, 0.5) is 5.69 Å². The molecule has 3 aromatic carbocycles. The van der Waals surface area contributed by atoms with E-state index in [1.165, 1.54) is 28.6 Å². The first-order valence-corrected chi connectivity index (χ1v) is 12.2. The van der Waals surface area contributed by atoms with E-state index in [4.69, 9.17) is 4.74 Å². The number of carbonyl (C=O) groups excluding carboxylic acids is 1. The third-order valence-electron chi connectivity index (χ3n) is 5.55. The Hall–Kier alpha value is -3.87. The van der Waals surface area contributed by atoms with Gasteiger partial charge in [0.2, 0.25) is 10.0 Å². The van der Waals surface area contributed by atoms with Gasteiger partial charge < -0.3 is 15.2 Å². The molecule has 8 nitrogen and oxygen atoms in total. The van der Waals surface area contributed by atoms with Crippen molar-refractivity contribution >= 4 is 21.6 Å². The van der Waals surface area contributed by atoms with Gasteiger partial charge >= 0.3 is 0 Å². The van der Waals surface area contributed by atoms with Gasteiger partial charge in [-0.2, -0.15) is 9.57 Å². The monoisotopic (exact) mass is 477 g/mol. The highest BCUT2D eigenvalue weighted by Crippen LogP contribution is 2.30. The van der Waals surface area contributed by atoms with Crippen LogP contribution in [0.1, 0.15) is 34.3 Å². The Morgan fingerprint density at radius 2 is 1.82 bits per heavy atom. The van der Waals surface area contributed by atoms with Gasteiger partial charge in [0.1, 0.15) is 18.1 Å². The minimum atomic E-state index is -3.70. The van der Waals surface area contributed by atoms with Crippen molar-refractivity contribution in [1.29, 1.82) is 5.26 Å². The Kier molecular flexibility index (Phi) is 6.82. The summed E-state index contributed by atoms with van der Waals surface area (Å²) in [6.07, 6.45) is 1.61. The van der Waals surface area contributed by atoms with Gasteiger partial charge in [0.05, 0.1) is 22.2 Å². The van der Waals surface area contributed by atoms with Gasteiger partial charge in [0.15, 0.2) is 0 Å². The van der Waals surface area contributed by atoms with Gasteiger partial charge in [-0.25, -0.2) is 8.42 Å². The lowest BCUT2D eigenvalue weighted by molar-refractivity contribution is 0.102. The smallest absolute Gasteiger partial charge is 0.255 e. The number of rotatable bonds is 7. The molecule has 3 aromatic rings. The quantitative estimate of drug-likeness (QED) is 0.499. The summed E-state index contributed by atoms with van der Waals surface area (Å²) in [5.41, 5.74) is 1.49. The van der Waals surface area contributed by atoms with Gasteiger partial charge in [-0.3, -0.25) is 4.79 Å². The van der Waals surface area contributed by atoms with E-state index >= 15 is 0 Å². The molecule has 174 valence electrons.